The highest BCUT2D eigenvalue weighted by Gasteiger charge is 2.27. The molecule has 0 radical (unpaired) electrons. The van der Waals surface area contributed by atoms with Gasteiger partial charge >= 0.3 is 16.5 Å². The molecule has 0 saturated carbocycles. The van der Waals surface area contributed by atoms with Gasteiger partial charge < -0.3 is 37.6 Å². The number of halogens is 3. The molecule has 2 aromatic carbocycles. The summed E-state index contributed by atoms with van der Waals surface area (Å²) >= 11 is 27.1. The van der Waals surface area contributed by atoms with Crippen molar-refractivity contribution in [2.75, 3.05) is 28.4 Å². The fourth-order valence-corrected chi connectivity index (χ4v) is 6.48. The zero-order chi connectivity index (χ0) is 43.6. The van der Waals surface area contributed by atoms with E-state index in [9.17, 15) is 14.7 Å². The number of aromatic hydroxyl groups is 1. The third-order valence-corrected chi connectivity index (χ3v) is 9.50. The lowest BCUT2D eigenvalue weighted by Crippen LogP contribution is -2.15. The van der Waals surface area contributed by atoms with E-state index in [0.29, 0.717) is 60.7 Å². The Morgan fingerprint density at radius 1 is 0.678 bits per heavy atom. The predicted octanol–water partition coefficient (Wildman–Crippen LogP) is 10.5. The zero-order valence-corrected chi connectivity index (χ0v) is 36.8. The van der Waals surface area contributed by atoms with Crippen molar-refractivity contribution < 1.29 is 37.6 Å². The lowest BCUT2D eigenvalue weighted by Gasteiger charge is -2.18. The first-order chi connectivity index (χ1) is 28.1. The molecule has 0 aliphatic heterocycles. The van der Waals surface area contributed by atoms with Crippen LogP contribution in [0.3, 0.4) is 0 Å². The summed E-state index contributed by atoms with van der Waals surface area (Å²) in [5, 5.41) is 11.2. The Bertz CT molecular complexity index is 2600. The van der Waals surface area contributed by atoms with Crippen LogP contribution in [0.15, 0.2) is 91.7 Å². The standard InChI is InChI=1S/C21H18ClNO5S.C19H16ClNO4.C2H3ClOS/c1-11-8-14(22)16(15(9-11)25-3)17-19(28-21(29)26-4)12(2)18(27-20(17)24)13-6-5-7-23-10-13;1-10-7-13(20)15(14(8-10)24-3)16-17(22)11(2)18(25-19(16)23)12-5-4-6-21-9-12;1-4-2(3)5/h5-10H,1-4H3;4-9,22H,1-3H3;1H3. The molecule has 1 N–H and O–H groups in total. The number of nitrogens with zero attached hydrogens (tertiary/aromatic N) is 2. The van der Waals surface area contributed by atoms with Gasteiger partial charge in [-0.25, -0.2) is 9.59 Å². The molecule has 12 nitrogen and oxygen atoms in total. The molecule has 6 aromatic rings. The van der Waals surface area contributed by atoms with Gasteiger partial charge in [0.2, 0.25) is 0 Å². The normalized spacial score (nSPS) is 10.3. The molecule has 0 bridgehead atoms. The summed E-state index contributed by atoms with van der Waals surface area (Å²) in [7, 11) is 5.77. The predicted molar refractivity (Wildman–Crippen MR) is 237 cm³/mol. The third-order valence-electron chi connectivity index (χ3n) is 8.34. The summed E-state index contributed by atoms with van der Waals surface area (Å²) in [5.41, 5.74) is 3.28. The van der Waals surface area contributed by atoms with Crippen molar-refractivity contribution in [1.82, 2.24) is 9.97 Å². The van der Waals surface area contributed by atoms with E-state index in [1.165, 1.54) is 28.4 Å². The maximum Gasteiger partial charge on any atom is 0.357 e. The molecule has 4 aromatic heterocycles. The van der Waals surface area contributed by atoms with Crippen LogP contribution in [0.4, 0.5) is 0 Å². The lowest BCUT2D eigenvalue weighted by molar-refractivity contribution is 0.313. The molecule has 17 heteroatoms. The molecule has 0 unspecified atom stereocenters. The second kappa shape index (κ2) is 21.0. The fourth-order valence-electron chi connectivity index (χ4n) is 5.68. The number of aryl methyl sites for hydroxylation is 2. The van der Waals surface area contributed by atoms with Gasteiger partial charge in [-0.1, -0.05) is 23.2 Å². The highest BCUT2D eigenvalue weighted by Crippen LogP contribution is 2.45. The Kier molecular flexibility index (Phi) is 16.4. The number of benzene rings is 2. The number of rotatable bonds is 7. The zero-order valence-electron chi connectivity index (χ0n) is 32.9. The van der Waals surface area contributed by atoms with Crippen molar-refractivity contribution in [1.29, 1.82) is 0 Å². The van der Waals surface area contributed by atoms with Crippen molar-refractivity contribution in [3.8, 4) is 67.9 Å². The monoisotopic (exact) mass is 898 g/mol. The van der Waals surface area contributed by atoms with E-state index in [4.69, 9.17) is 74.8 Å². The Hall–Kier alpha value is -5.51. The summed E-state index contributed by atoms with van der Waals surface area (Å²) in [5.74, 6) is 1.35. The van der Waals surface area contributed by atoms with Crippen molar-refractivity contribution in [3.05, 3.63) is 126 Å². The number of hydrogen-bond donors (Lipinski definition) is 1. The van der Waals surface area contributed by atoms with Crippen LogP contribution >= 0.6 is 59.2 Å². The Balaban J connectivity index is 0.000000236. The van der Waals surface area contributed by atoms with Gasteiger partial charge in [0.25, 0.3) is 4.51 Å². The summed E-state index contributed by atoms with van der Waals surface area (Å²) < 4.78 is 36.9. The summed E-state index contributed by atoms with van der Waals surface area (Å²) in [6.45, 7) is 7.14. The molecular formula is C42H37Cl3N2O10S2. The number of methoxy groups -OCH3 is 4. The van der Waals surface area contributed by atoms with Crippen LogP contribution < -0.4 is 25.5 Å². The minimum absolute atomic E-state index is 0.0213. The van der Waals surface area contributed by atoms with Crippen LogP contribution in [0.2, 0.25) is 10.0 Å². The Morgan fingerprint density at radius 3 is 1.53 bits per heavy atom. The van der Waals surface area contributed by atoms with Crippen LogP contribution in [0, 0.1) is 27.7 Å². The van der Waals surface area contributed by atoms with Crippen LogP contribution in [0.5, 0.6) is 23.0 Å². The van der Waals surface area contributed by atoms with Gasteiger partial charge in [0.1, 0.15) is 39.9 Å². The van der Waals surface area contributed by atoms with E-state index < -0.39 is 11.3 Å². The number of pyridine rings is 2. The molecular weight excluding hydrogens is 863 g/mol. The average molecular weight is 900 g/mol. The van der Waals surface area contributed by atoms with Crippen LogP contribution in [0.25, 0.3) is 44.9 Å². The molecule has 0 saturated heterocycles. The molecule has 0 aliphatic rings. The quantitative estimate of drug-likeness (QED) is 0.119. The first-order valence-corrected chi connectivity index (χ1v) is 19.1. The Labute approximate surface area is 365 Å². The van der Waals surface area contributed by atoms with Gasteiger partial charge in [0, 0.05) is 59.3 Å². The first kappa shape index (κ1) is 46.2. The SMILES string of the molecule is COC(=S)Cl.COC(=S)Oc1c(C)c(-c2cccnc2)oc(=O)c1-c1c(Cl)cc(C)cc1OC.COc1cc(C)cc(Cl)c1-c1c(O)c(C)c(-c2cccnc2)oc1=O. The van der Waals surface area contributed by atoms with Gasteiger partial charge in [-0.05, 0) is 111 Å². The number of ether oxygens (including phenoxy) is 5. The second-order valence-electron chi connectivity index (χ2n) is 12.2. The minimum atomic E-state index is -0.703. The topological polar surface area (TPSA) is 153 Å². The summed E-state index contributed by atoms with van der Waals surface area (Å²) in [6.07, 6.45) is 6.38. The lowest BCUT2D eigenvalue weighted by atomic mass is 9.99. The maximum atomic E-state index is 13.1. The molecule has 0 aliphatic carbocycles. The van der Waals surface area contributed by atoms with E-state index in [1.807, 2.05) is 13.8 Å². The fraction of sp³-hybridized carbons (Fsp3) is 0.190. The number of hydrogen-bond acceptors (Lipinski definition) is 14. The smallest absolute Gasteiger partial charge is 0.357 e. The first-order valence-electron chi connectivity index (χ1n) is 17.1. The van der Waals surface area contributed by atoms with Crippen LogP contribution in [-0.2, 0) is 9.47 Å². The highest BCUT2D eigenvalue weighted by molar-refractivity contribution is 7.82. The molecule has 59 heavy (non-hydrogen) atoms. The van der Waals surface area contributed by atoms with E-state index in [2.05, 4.69) is 26.9 Å². The van der Waals surface area contributed by atoms with E-state index >= 15 is 0 Å². The molecule has 0 spiro atoms. The van der Waals surface area contributed by atoms with E-state index in [1.54, 1.807) is 87.2 Å². The molecule has 0 atom stereocenters. The number of thiocarbonyl (C=S) groups is 2. The summed E-state index contributed by atoms with van der Waals surface area (Å²) in [6, 6.07) is 13.9. The summed E-state index contributed by atoms with van der Waals surface area (Å²) in [4.78, 5) is 33.8. The number of aromatic nitrogens is 2. The van der Waals surface area contributed by atoms with Gasteiger partial charge in [-0.3, -0.25) is 9.97 Å². The van der Waals surface area contributed by atoms with Crippen molar-refractivity contribution >= 4 is 69.0 Å². The van der Waals surface area contributed by atoms with Crippen LogP contribution in [0.1, 0.15) is 22.3 Å². The van der Waals surface area contributed by atoms with Crippen LogP contribution in [-0.4, -0.2) is 53.3 Å². The molecule has 308 valence electrons. The molecule has 6 rings (SSSR count). The van der Waals surface area contributed by atoms with E-state index in [-0.39, 0.29) is 38.1 Å². The minimum Gasteiger partial charge on any atom is -0.507 e. The molecule has 0 fully saturated rings. The van der Waals surface area contributed by atoms with Gasteiger partial charge in [-0.2, -0.15) is 0 Å². The van der Waals surface area contributed by atoms with E-state index in [0.717, 1.165) is 11.1 Å². The Morgan fingerprint density at radius 2 is 1.12 bits per heavy atom. The third kappa shape index (κ3) is 11.0. The molecule has 0 amide bonds. The largest absolute Gasteiger partial charge is 0.507 e. The van der Waals surface area contributed by atoms with Gasteiger partial charge in [0.15, 0.2) is 5.75 Å². The molecule has 4 heterocycles. The van der Waals surface area contributed by atoms with Crippen molar-refractivity contribution in [3.63, 3.8) is 0 Å². The average Bonchev–Trinajstić information content (AvgIpc) is 3.22. The van der Waals surface area contributed by atoms with Gasteiger partial charge in [-0.15, -0.1) is 0 Å². The highest BCUT2D eigenvalue weighted by atomic mass is 35.5. The van der Waals surface area contributed by atoms with Crippen molar-refractivity contribution in [2.45, 2.75) is 27.7 Å². The second-order valence-corrected chi connectivity index (χ2v) is 14.3. The van der Waals surface area contributed by atoms with Gasteiger partial charge in [0.05, 0.1) is 49.6 Å². The maximum absolute atomic E-state index is 13.1. The van der Waals surface area contributed by atoms with Crippen molar-refractivity contribution in [2.24, 2.45) is 0 Å².